The standard InChI is InChI=1S/C21H25ClN4O4S/c1-14(20(27)25-8-3-2-4-9-25)26-10-7-18(21(26)28)24-31(29,30)17-6-5-15-12-19(22)23-13-16(15)11-17/h5-6,11-14,18,24H,2-4,7-10H2,1H3/t14-,18+/m0/s1. The molecule has 0 saturated carbocycles. The van der Waals surface area contributed by atoms with Crippen LogP contribution in [0.1, 0.15) is 32.6 Å². The van der Waals surface area contributed by atoms with E-state index in [4.69, 9.17) is 11.6 Å². The summed E-state index contributed by atoms with van der Waals surface area (Å²) in [7, 11) is -3.92. The first-order valence-corrected chi connectivity index (χ1v) is 12.3. The summed E-state index contributed by atoms with van der Waals surface area (Å²) in [5.74, 6) is -0.437. The monoisotopic (exact) mass is 464 g/mol. The molecule has 1 N–H and O–H groups in total. The zero-order valence-electron chi connectivity index (χ0n) is 17.3. The summed E-state index contributed by atoms with van der Waals surface area (Å²) in [4.78, 5) is 33.0. The number of rotatable bonds is 5. The van der Waals surface area contributed by atoms with Gasteiger partial charge in [0, 0.05) is 31.2 Å². The number of benzene rings is 1. The zero-order valence-corrected chi connectivity index (χ0v) is 18.8. The van der Waals surface area contributed by atoms with E-state index in [0.29, 0.717) is 36.6 Å². The second kappa shape index (κ2) is 8.72. The van der Waals surface area contributed by atoms with Gasteiger partial charge in [-0.25, -0.2) is 13.4 Å². The highest BCUT2D eigenvalue weighted by Crippen LogP contribution is 2.23. The lowest BCUT2D eigenvalue weighted by Gasteiger charge is -2.32. The number of hydrogen-bond acceptors (Lipinski definition) is 5. The maximum absolute atomic E-state index is 12.9. The van der Waals surface area contributed by atoms with Gasteiger partial charge < -0.3 is 9.80 Å². The molecule has 0 aliphatic carbocycles. The van der Waals surface area contributed by atoms with Gasteiger partial charge in [0.2, 0.25) is 21.8 Å². The lowest BCUT2D eigenvalue weighted by molar-refractivity contribution is -0.143. The maximum Gasteiger partial charge on any atom is 0.245 e. The fraction of sp³-hybridized carbons (Fsp3) is 0.476. The number of amides is 2. The van der Waals surface area contributed by atoms with Gasteiger partial charge in [0.05, 0.1) is 4.90 Å². The van der Waals surface area contributed by atoms with Crippen molar-refractivity contribution in [3.05, 3.63) is 35.6 Å². The topological polar surface area (TPSA) is 99.7 Å². The Bertz CT molecular complexity index is 1120. The first kappa shape index (κ1) is 22.0. The maximum atomic E-state index is 12.9. The predicted molar refractivity (Wildman–Crippen MR) is 117 cm³/mol. The molecular formula is C21H25ClN4O4S. The Morgan fingerprint density at radius 2 is 1.90 bits per heavy atom. The van der Waals surface area contributed by atoms with Gasteiger partial charge >= 0.3 is 0 Å². The third-order valence-electron chi connectivity index (χ3n) is 6.00. The van der Waals surface area contributed by atoms with E-state index in [1.54, 1.807) is 24.0 Å². The Morgan fingerprint density at radius 3 is 2.65 bits per heavy atom. The van der Waals surface area contributed by atoms with Crippen LogP contribution < -0.4 is 4.72 Å². The van der Waals surface area contributed by atoms with Crippen LogP contribution in [0.5, 0.6) is 0 Å². The number of halogens is 1. The molecule has 2 aliphatic rings. The summed E-state index contributed by atoms with van der Waals surface area (Å²) in [5.41, 5.74) is 0. The van der Waals surface area contributed by atoms with E-state index in [0.717, 1.165) is 24.6 Å². The third-order valence-corrected chi connectivity index (χ3v) is 7.68. The largest absolute Gasteiger partial charge is 0.341 e. The minimum absolute atomic E-state index is 0.0489. The van der Waals surface area contributed by atoms with Crippen LogP contribution in [0.2, 0.25) is 5.15 Å². The van der Waals surface area contributed by atoms with Crippen molar-refractivity contribution in [2.45, 2.75) is 49.6 Å². The summed E-state index contributed by atoms with van der Waals surface area (Å²) in [6.07, 6.45) is 4.89. The number of pyridine rings is 1. The molecule has 2 atom stereocenters. The molecule has 2 fully saturated rings. The van der Waals surface area contributed by atoms with Gasteiger partial charge in [-0.2, -0.15) is 4.72 Å². The first-order chi connectivity index (χ1) is 14.8. The number of aromatic nitrogens is 1. The molecule has 2 saturated heterocycles. The molecule has 3 heterocycles. The molecule has 0 spiro atoms. The van der Waals surface area contributed by atoms with Crippen molar-refractivity contribution in [1.82, 2.24) is 19.5 Å². The number of carbonyl (C=O) groups excluding carboxylic acids is 2. The van der Waals surface area contributed by atoms with Crippen molar-refractivity contribution in [1.29, 1.82) is 0 Å². The molecule has 4 rings (SSSR count). The molecule has 1 aromatic carbocycles. The van der Waals surface area contributed by atoms with Crippen LogP contribution in [0.25, 0.3) is 10.8 Å². The second-order valence-electron chi connectivity index (χ2n) is 8.07. The highest BCUT2D eigenvalue weighted by Gasteiger charge is 2.40. The molecule has 2 aliphatic heterocycles. The van der Waals surface area contributed by atoms with Crippen molar-refractivity contribution in [3.63, 3.8) is 0 Å². The van der Waals surface area contributed by atoms with Gasteiger partial charge in [-0.1, -0.05) is 17.7 Å². The molecule has 10 heteroatoms. The molecule has 1 aromatic heterocycles. The van der Waals surface area contributed by atoms with E-state index in [-0.39, 0.29) is 16.7 Å². The summed E-state index contributed by atoms with van der Waals surface area (Å²) in [6.45, 7) is 3.48. The van der Waals surface area contributed by atoms with Gasteiger partial charge in [-0.3, -0.25) is 9.59 Å². The second-order valence-corrected chi connectivity index (χ2v) is 10.2. The van der Waals surface area contributed by atoms with E-state index in [2.05, 4.69) is 9.71 Å². The van der Waals surface area contributed by atoms with Gasteiger partial charge in [0.25, 0.3) is 0 Å². The fourth-order valence-electron chi connectivity index (χ4n) is 4.22. The quantitative estimate of drug-likeness (QED) is 0.683. The minimum Gasteiger partial charge on any atom is -0.341 e. The minimum atomic E-state index is -3.92. The van der Waals surface area contributed by atoms with E-state index < -0.39 is 22.1 Å². The van der Waals surface area contributed by atoms with Crippen molar-refractivity contribution < 1.29 is 18.0 Å². The number of hydrogen-bond donors (Lipinski definition) is 1. The molecule has 0 radical (unpaired) electrons. The average molecular weight is 465 g/mol. The summed E-state index contributed by atoms with van der Waals surface area (Å²) in [5, 5.41) is 1.73. The van der Waals surface area contributed by atoms with Crippen molar-refractivity contribution >= 4 is 44.2 Å². The number of fused-ring (bicyclic) bond motifs is 1. The molecule has 2 aromatic rings. The number of carbonyl (C=O) groups is 2. The summed E-state index contributed by atoms with van der Waals surface area (Å²) < 4.78 is 28.3. The molecule has 2 amide bonds. The molecule has 166 valence electrons. The van der Waals surface area contributed by atoms with Crippen LogP contribution >= 0.6 is 11.6 Å². The van der Waals surface area contributed by atoms with Crippen LogP contribution in [0.15, 0.2) is 35.4 Å². The molecular weight excluding hydrogens is 440 g/mol. The fourth-order valence-corrected chi connectivity index (χ4v) is 5.65. The van der Waals surface area contributed by atoms with E-state index >= 15 is 0 Å². The van der Waals surface area contributed by atoms with Gasteiger partial charge in [0.15, 0.2) is 0 Å². The number of nitrogens with zero attached hydrogens (tertiary/aromatic N) is 3. The lowest BCUT2D eigenvalue weighted by atomic mass is 10.1. The number of likely N-dealkylation sites (tertiary alicyclic amines) is 2. The van der Waals surface area contributed by atoms with Crippen molar-refractivity contribution in [2.24, 2.45) is 0 Å². The smallest absolute Gasteiger partial charge is 0.245 e. The summed E-state index contributed by atoms with van der Waals surface area (Å²) >= 11 is 5.88. The van der Waals surface area contributed by atoms with E-state index in [9.17, 15) is 18.0 Å². The van der Waals surface area contributed by atoms with Crippen LogP contribution in [0.3, 0.4) is 0 Å². The Balaban J connectivity index is 1.46. The van der Waals surface area contributed by atoms with Crippen LogP contribution in [0.4, 0.5) is 0 Å². The molecule has 0 bridgehead atoms. The highest BCUT2D eigenvalue weighted by atomic mass is 35.5. The van der Waals surface area contributed by atoms with Gasteiger partial charge in [-0.15, -0.1) is 0 Å². The van der Waals surface area contributed by atoms with E-state index in [1.165, 1.54) is 23.2 Å². The lowest BCUT2D eigenvalue weighted by Crippen LogP contribution is -2.51. The highest BCUT2D eigenvalue weighted by molar-refractivity contribution is 7.89. The van der Waals surface area contributed by atoms with Crippen LogP contribution in [0, 0.1) is 0 Å². The Hall–Kier alpha value is -2.23. The van der Waals surface area contributed by atoms with Crippen LogP contribution in [-0.2, 0) is 19.6 Å². The molecule has 8 nitrogen and oxygen atoms in total. The average Bonchev–Trinajstić information content (AvgIpc) is 3.12. The predicted octanol–water partition coefficient (Wildman–Crippen LogP) is 2.17. The summed E-state index contributed by atoms with van der Waals surface area (Å²) in [6, 6.07) is 4.79. The third kappa shape index (κ3) is 4.53. The number of nitrogens with one attached hydrogen (secondary N) is 1. The first-order valence-electron chi connectivity index (χ1n) is 10.4. The Labute approximate surface area is 186 Å². The zero-order chi connectivity index (χ0) is 22.2. The Morgan fingerprint density at radius 1 is 1.16 bits per heavy atom. The SMILES string of the molecule is C[C@@H](C(=O)N1CCCCC1)N1CC[C@@H](NS(=O)(=O)c2ccc3cc(Cl)ncc3c2)C1=O. The van der Waals surface area contributed by atoms with Gasteiger partial charge in [-0.05, 0) is 56.2 Å². The van der Waals surface area contributed by atoms with Gasteiger partial charge in [0.1, 0.15) is 17.2 Å². The van der Waals surface area contributed by atoms with Crippen molar-refractivity contribution in [2.75, 3.05) is 19.6 Å². The van der Waals surface area contributed by atoms with Crippen LogP contribution in [-0.4, -0.2) is 66.7 Å². The van der Waals surface area contributed by atoms with Crippen molar-refractivity contribution in [3.8, 4) is 0 Å². The number of piperidine rings is 1. The van der Waals surface area contributed by atoms with E-state index in [1.807, 2.05) is 0 Å². The molecule has 0 unspecified atom stereocenters. The Kier molecular flexibility index (Phi) is 6.18. The molecule has 31 heavy (non-hydrogen) atoms. The number of sulfonamides is 1. The normalized spacial score (nSPS) is 21.0.